The normalized spacial score (nSPS) is 23.8. The number of fused-ring (bicyclic) bond motifs is 1. The summed E-state index contributed by atoms with van der Waals surface area (Å²) in [7, 11) is 0. The van der Waals surface area contributed by atoms with Gasteiger partial charge in [0.2, 0.25) is 5.91 Å². The average molecular weight is 448 g/mol. The Morgan fingerprint density at radius 1 is 1.25 bits per heavy atom. The third kappa shape index (κ3) is 3.38. The number of carbonyl (C=O) groups excluding carboxylic acids is 2. The van der Waals surface area contributed by atoms with E-state index in [4.69, 9.17) is 0 Å². The van der Waals surface area contributed by atoms with Crippen LogP contribution in [0, 0.1) is 5.82 Å². The largest absolute Gasteiger partial charge is 0.394 e. The lowest BCUT2D eigenvalue weighted by atomic mass is 9.74. The van der Waals surface area contributed by atoms with Gasteiger partial charge in [0.05, 0.1) is 18.7 Å². The molecule has 0 bridgehead atoms. The molecule has 0 aliphatic carbocycles. The first-order valence-corrected chi connectivity index (χ1v) is 9.76. The number of piperazine rings is 1. The third-order valence-electron chi connectivity index (χ3n) is 5.37. The van der Waals surface area contributed by atoms with Crippen LogP contribution in [-0.2, 0) is 4.79 Å². The van der Waals surface area contributed by atoms with Crippen molar-refractivity contribution in [1.29, 1.82) is 0 Å². The fourth-order valence-electron chi connectivity index (χ4n) is 4.11. The maximum Gasteiger partial charge on any atom is 0.322 e. The van der Waals surface area contributed by atoms with E-state index in [1.807, 2.05) is 24.3 Å². The highest BCUT2D eigenvalue weighted by Crippen LogP contribution is 2.43. The van der Waals surface area contributed by atoms with Crippen LogP contribution in [0.25, 0.3) is 0 Å². The number of nitrogens with zero attached hydrogens (tertiary/aromatic N) is 2. The summed E-state index contributed by atoms with van der Waals surface area (Å²) in [4.78, 5) is 28.3. The molecule has 4 rings (SSSR count). The summed E-state index contributed by atoms with van der Waals surface area (Å²) in [6, 6.07) is 12.5. The Kier molecular flexibility index (Phi) is 5.07. The Morgan fingerprint density at radius 2 is 2.00 bits per heavy atom. The van der Waals surface area contributed by atoms with Gasteiger partial charge >= 0.3 is 6.03 Å². The number of amides is 3. The molecule has 0 saturated carbocycles. The zero-order chi connectivity index (χ0) is 19.8. The van der Waals surface area contributed by atoms with E-state index in [0.29, 0.717) is 12.2 Å². The van der Waals surface area contributed by atoms with Crippen LogP contribution < -0.4 is 5.32 Å². The predicted molar refractivity (Wildman–Crippen MR) is 105 cm³/mol. The van der Waals surface area contributed by atoms with E-state index in [-0.39, 0.29) is 37.1 Å². The van der Waals surface area contributed by atoms with Crippen molar-refractivity contribution in [3.8, 4) is 0 Å². The molecular weight excluding hydrogens is 429 g/mol. The van der Waals surface area contributed by atoms with E-state index in [1.165, 1.54) is 23.1 Å². The lowest BCUT2D eigenvalue weighted by Crippen LogP contribution is -2.73. The van der Waals surface area contributed by atoms with Gasteiger partial charge in [0.1, 0.15) is 12.4 Å². The zero-order valence-corrected chi connectivity index (χ0v) is 16.5. The highest BCUT2D eigenvalue weighted by Gasteiger charge is 2.54. The standard InChI is InChI=1S/C20H19BrFN3O3/c21-13-6-4-12(5-7-13)19-16-9-24(10-18(27)25(16)17(19)11-26)20(28)23-15-3-1-2-14(22)8-15/h1-8,16-17,19,26H,9-11H2,(H,23,28)/t16-,17-,19-/m1/s1. The minimum Gasteiger partial charge on any atom is -0.394 e. The zero-order valence-electron chi connectivity index (χ0n) is 14.9. The molecule has 146 valence electrons. The Balaban J connectivity index is 1.52. The molecule has 2 heterocycles. The molecule has 2 N–H and O–H groups in total. The van der Waals surface area contributed by atoms with Gasteiger partial charge in [0.25, 0.3) is 0 Å². The SMILES string of the molecule is O=C(Nc1cccc(F)c1)N1CC(=O)N2[C@H](CO)[C@H](c3ccc(Br)cc3)[C@H]2C1. The van der Waals surface area contributed by atoms with E-state index >= 15 is 0 Å². The van der Waals surface area contributed by atoms with E-state index < -0.39 is 11.8 Å². The molecule has 0 unspecified atom stereocenters. The van der Waals surface area contributed by atoms with Crippen molar-refractivity contribution < 1.29 is 19.1 Å². The quantitative estimate of drug-likeness (QED) is 0.759. The molecule has 2 saturated heterocycles. The van der Waals surface area contributed by atoms with Crippen molar-refractivity contribution in [3.05, 3.63) is 64.4 Å². The second-order valence-electron chi connectivity index (χ2n) is 7.02. The fourth-order valence-corrected chi connectivity index (χ4v) is 4.37. The van der Waals surface area contributed by atoms with Gasteiger partial charge in [-0.2, -0.15) is 0 Å². The molecule has 0 aromatic heterocycles. The van der Waals surface area contributed by atoms with Crippen LogP contribution >= 0.6 is 15.9 Å². The number of hydrogen-bond acceptors (Lipinski definition) is 3. The van der Waals surface area contributed by atoms with Gasteiger partial charge in [-0.05, 0) is 35.9 Å². The highest BCUT2D eigenvalue weighted by molar-refractivity contribution is 9.10. The van der Waals surface area contributed by atoms with Crippen LogP contribution in [0.5, 0.6) is 0 Å². The summed E-state index contributed by atoms with van der Waals surface area (Å²) in [5.41, 5.74) is 1.36. The van der Waals surface area contributed by atoms with Gasteiger partial charge < -0.3 is 20.2 Å². The lowest BCUT2D eigenvalue weighted by molar-refractivity contribution is -0.159. The molecule has 2 fully saturated rings. The van der Waals surface area contributed by atoms with Crippen LogP contribution in [0.15, 0.2) is 53.0 Å². The summed E-state index contributed by atoms with van der Waals surface area (Å²) < 4.78 is 14.3. The van der Waals surface area contributed by atoms with Gasteiger partial charge in [-0.25, -0.2) is 9.18 Å². The van der Waals surface area contributed by atoms with E-state index in [2.05, 4.69) is 21.2 Å². The van der Waals surface area contributed by atoms with Crippen molar-refractivity contribution in [3.63, 3.8) is 0 Å². The van der Waals surface area contributed by atoms with E-state index in [0.717, 1.165) is 10.0 Å². The van der Waals surface area contributed by atoms with Crippen LogP contribution in [-0.4, -0.2) is 58.6 Å². The van der Waals surface area contributed by atoms with E-state index in [9.17, 15) is 19.1 Å². The van der Waals surface area contributed by atoms with Gasteiger partial charge in [0.15, 0.2) is 0 Å². The maximum atomic E-state index is 13.3. The number of rotatable bonds is 3. The number of aliphatic hydroxyl groups excluding tert-OH is 1. The number of anilines is 1. The minimum absolute atomic E-state index is 0.0492. The molecule has 0 spiro atoms. The Hall–Kier alpha value is -2.45. The fraction of sp³-hybridized carbons (Fsp3) is 0.300. The molecule has 8 heteroatoms. The number of halogens is 2. The van der Waals surface area contributed by atoms with Crippen molar-refractivity contribution in [2.45, 2.75) is 18.0 Å². The lowest BCUT2D eigenvalue weighted by Gasteiger charge is -2.58. The number of benzene rings is 2. The van der Waals surface area contributed by atoms with Gasteiger partial charge in [0, 0.05) is 22.6 Å². The molecule has 2 aliphatic heterocycles. The number of nitrogens with one attached hydrogen (secondary N) is 1. The summed E-state index contributed by atoms with van der Waals surface area (Å²) in [6.07, 6.45) is 0. The second kappa shape index (κ2) is 7.52. The van der Waals surface area contributed by atoms with E-state index in [1.54, 1.807) is 11.0 Å². The third-order valence-corrected chi connectivity index (χ3v) is 5.90. The number of aliphatic hydroxyl groups is 1. The molecule has 3 atom stereocenters. The average Bonchev–Trinajstić information content (AvgIpc) is 2.65. The first-order chi connectivity index (χ1) is 13.5. The summed E-state index contributed by atoms with van der Waals surface area (Å²) in [5, 5.41) is 12.4. The van der Waals surface area contributed by atoms with Gasteiger partial charge in [-0.15, -0.1) is 0 Å². The predicted octanol–water partition coefficient (Wildman–Crippen LogP) is 2.79. The molecule has 2 aromatic carbocycles. The van der Waals surface area contributed by atoms with Crippen LogP contribution in [0.3, 0.4) is 0 Å². The molecular formula is C20H19BrFN3O3. The first kappa shape index (κ1) is 18.9. The topological polar surface area (TPSA) is 72.9 Å². The molecule has 3 amide bonds. The van der Waals surface area contributed by atoms with Crippen molar-refractivity contribution in [2.24, 2.45) is 0 Å². The second-order valence-corrected chi connectivity index (χ2v) is 7.93. The minimum atomic E-state index is -0.446. The smallest absolute Gasteiger partial charge is 0.322 e. The highest BCUT2D eigenvalue weighted by atomic mass is 79.9. The summed E-state index contributed by atoms with van der Waals surface area (Å²) in [6.45, 7) is 0.157. The van der Waals surface area contributed by atoms with Crippen LogP contribution in [0.1, 0.15) is 11.5 Å². The Labute approximate surface area is 170 Å². The van der Waals surface area contributed by atoms with Gasteiger partial charge in [-0.3, -0.25) is 4.79 Å². The number of hydrogen-bond donors (Lipinski definition) is 2. The van der Waals surface area contributed by atoms with Crippen LogP contribution in [0.2, 0.25) is 0 Å². The molecule has 0 radical (unpaired) electrons. The number of carbonyl (C=O) groups is 2. The monoisotopic (exact) mass is 447 g/mol. The summed E-state index contributed by atoms with van der Waals surface area (Å²) >= 11 is 3.41. The van der Waals surface area contributed by atoms with Crippen molar-refractivity contribution in [2.75, 3.05) is 25.0 Å². The Bertz CT molecular complexity index is 908. The molecule has 6 nitrogen and oxygen atoms in total. The molecule has 2 aromatic rings. The van der Waals surface area contributed by atoms with Crippen LogP contribution in [0.4, 0.5) is 14.9 Å². The Morgan fingerprint density at radius 3 is 2.68 bits per heavy atom. The number of urea groups is 1. The van der Waals surface area contributed by atoms with Crippen molar-refractivity contribution >= 4 is 33.6 Å². The summed E-state index contributed by atoms with van der Waals surface area (Å²) in [5.74, 6) is -0.691. The first-order valence-electron chi connectivity index (χ1n) is 8.97. The molecule has 2 aliphatic rings. The molecule has 28 heavy (non-hydrogen) atoms. The maximum absolute atomic E-state index is 13.3. The van der Waals surface area contributed by atoms with Crippen molar-refractivity contribution in [1.82, 2.24) is 9.80 Å². The van der Waals surface area contributed by atoms with Gasteiger partial charge in [-0.1, -0.05) is 34.1 Å².